The summed E-state index contributed by atoms with van der Waals surface area (Å²) in [6.07, 6.45) is 0.324. The number of carbonyl (C=O) groups is 1. The van der Waals surface area contributed by atoms with Crippen molar-refractivity contribution in [3.8, 4) is 11.5 Å². The fraction of sp³-hybridized carbons (Fsp3) is 0.562. The highest BCUT2D eigenvalue weighted by atomic mass is 16.6. The number of ether oxygens (including phenoxy) is 2. The van der Waals surface area contributed by atoms with Crippen molar-refractivity contribution in [2.45, 2.75) is 44.9 Å². The highest BCUT2D eigenvalue weighted by Gasteiger charge is 2.38. The van der Waals surface area contributed by atoms with E-state index in [1.165, 1.54) is 7.11 Å². The number of methoxy groups -OCH3 is 1. The molecule has 1 heterocycles. The van der Waals surface area contributed by atoms with Crippen molar-refractivity contribution in [1.82, 2.24) is 4.90 Å². The van der Waals surface area contributed by atoms with Gasteiger partial charge in [-0.3, -0.25) is 4.90 Å². The topological polar surface area (TPSA) is 85.0 Å². The van der Waals surface area contributed by atoms with Crippen molar-refractivity contribution in [2.24, 2.45) is 5.73 Å². The van der Waals surface area contributed by atoms with Crippen molar-refractivity contribution >= 4 is 6.09 Å². The Bertz CT molecular complexity index is 554. The molecule has 1 saturated heterocycles. The van der Waals surface area contributed by atoms with Gasteiger partial charge in [-0.1, -0.05) is 6.07 Å². The van der Waals surface area contributed by atoms with Crippen LogP contribution in [-0.4, -0.2) is 41.4 Å². The summed E-state index contributed by atoms with van der Waals surface area (Å²) in [5.41, 5.74) is 6.45. The molecule has 122 valence electrons. The highest BCUT2D eigenvalue weighted by Crippen LogP contribution is 2.36. The van der Waals surface area contributed by atoms with E-state index < -0.39 is 5.60 Å². The molecule has 0 saturated carbocycles. The lowest BCUT2D eigenvalue weighted by molar-refractivity contribution is 0.0218. The van der Waals surface area contributed by atoms with E-state index in [0.717, 1.165) is 5.56 Å². The number of hydrogen-bond acceptors (Lipinski definition) is 5. The summed E-state index contributed by atoms with van der Waals surface area (Å²) in [6.45, 7) is 6.04. The Balaban J connectivity index is 2.28. The van der Waals surface area contributed by atoms with Crippen molar-refractivity contribution < 1.29 is 19.4 Å². The molecule has 0 aliphatic carbocycles. The first kappa shape index (κ1) is 16.4. The van der Waals surface area contributed by atoms with Crippen LogP contribution in [0.5, 0.6) is 11.5 Å². The molecule has 2 rings (SSSR count). The molecule has 3 N–H and O–H groups in total. The smallest absolute Gasteiger partial charge is 0.410 e. The Morgan fingerprint density at radius 3 is 2.68 bits per heavy atom. The number of likely N-dealkylation sites (tertiary alicyclic amines) is 1. The van der Waals surface area contributed by atoms with Crippen LogP contribution in [0.15, 0.2) is 18.2 Å². The second-order valence-electron chi connectivity index (χ2n) is 6.50. The van der Waals surface area contributed by atoms with Crippen LogP contribution in [0.4, 0.5) is 4.79 Å². The van der Waals surface area contributed by atoms with Gasteiger partial charge in [-0.15, -0.1) is 0 Å². The maximum atomic E-state index is 12.4. The zero-order valence-electron chi connectivity index (χ0n) is 13.5. The number of benzene rings is 1. The van der Waals surface area contributed by atoms with Crippen molar-refractivity contribution in [3.63, 3.8) is 0 Å². The Morgan fingerprint density at radius 1 is 1.41 bits per heavy atom. The molecule has 1 aromatic carbocycles. The maximum Gasteiger partial charge on any atom is 0.410 e. The Kier molecular flexibility index (Phi) is 4.51. The summed E-state index contributed by atoms with van der Waals surface area (Å²) >= 11 is 0. The molecule has 0 spiro atoms. The van der Waals surface area contributed by atoms with Crippen molar-refractivity contribution in [3.05, 3.63) is 23.8 Å². The van der Waals surface area contributed by atoms with Gasteiger partial charge in [-0.25, -0.2) is 4.79 Å². The number of phenolic OH excluding ortho intramolecular Hbond substituents is 1. The predicted octanol–water partition coefficient (Wildman–Crippen LogP) is 2.41. The zero-order valence-corrected chi connectivity index (χ0v) is 13.5. The summed E-state index contributed by atoms with van der Waals surface area (Å²) in [5, 5.41) is 9.71. The van der Waals surface area contributed by atoms with Gasteiger partial charge < -0.3 is 20.3 Å². The zero-order chi connectivity index (χ0) is 16.5. The molecule has 1 aromatic rings. The second kappa shape index (κ2) is 6.04. The van der Waals surface area contributed by atoms with E-state index in [4.69, 9.17) is 15.2 Å². The van der Waals surface area contributed by atoms with Gasteiger partial charge in [0.15, 0.2) is 11.5 Å². The van der Waals surface area contributed by atoms with E-state index in [2.05, 4.69) is 0 Å². The van der Waals surface area contributed by atoms with E-state index in [1.807, 2.05) is 20.8 Å². The lowest BCUT2D eigenvalue weighted by atomic mass is 10.0. The predicted molar refractivity (Wildman–Crippen MR) is 82.9 cm³/mol. The molecule has 22 heavy (non-hydrogen) atoms. The molecule has 2 unspecified atom stereocenters. The summed E-state index contributed by atoms with van der Waals surface area (Å²) in [6, 6.07) is 4.55. The van der Waals surface area contributed by atoms with Crippen LogP contribution in [0.1, 0.15) is 38.8 Å². The first-order valence-electron chi connectivity index (χ1n) is 7.35. The SMILES string of the molecule is COc1cc(C2C(N)CCN2C(=O)OC(C)(C)C)ccc1O. The normalized spacial score (nSPS) is 21.8. The van der Waals surface area contributed by atoms with E-state index in [-0.39, 0.29) is 23.9 Å². The Labute approximate surface area is 130 Å². The van der Waals surface area contributed by atoms with Crippen LogP contribution in [0.2, 0.25) is 0 Å². The summed E-state index contributed by atoms with van der Waals surface area (Å²) in [5.74, 6) is 0.419. The van der Waals surface area contributed by atoms with Crippen LogP contribution in [0.3, 0.4) is 0 Å². The minimum Gasteiger partial charge on any atom is -0.504 e. The molecular weight excluding hydrogens is 284 g/mol. The van der Waals surface area contributed by atoms with Crippen LogP contribution < -0.4 is 10.5 Å². The van der Waals surface area contributed by atoms with Crippen molar-refractivity contribution in [2.75, 3.05) is 13.7 Å². The molecule has 6 nitrogen and oxygen atoms in total. The number of rotatable bonds is 2. The molecule has 0 bridgehead atoms. The van der Waals surface area contributed by atoms with Gasteiger partial charge in [0.1, 0.15) is 5.60 Å². The highest BCUT2D eigenvalue weighted by molar-refractivity contribution is 5.69. The molecule has 1 fully saturated rings. The fourth-order valence-electron chi connectivity index (χ4n) is 2.65. The van der Waals surface area contributed by atoms with Crippen LogP contribution >= 0.6 is 0 Å². The average Bonchev–Trinajstić information content (AvgIpc) is 2.79. The quantitative estimate of drug-likeness (QED) is 0.876. The first-order valence-corrected chi connectivity index (χ1v) is 7.35. The molecule has 2 atom stereocenters. The summed E-state index contributed by atoms with van der Waals surface area (Å²) in [7, 11) is 1.49. The summed E-state index contributed by atoms with van der Waals surface area (Å²) < 4.78 is 10.6. The van der Waals surface area contributed by atoms with Gasteiger partial charge in [0.2, 0.25) is 0 Å². The lowest BCUT2D eigenvalue weighted by Gasteiger charge is -2.30. The number of hydrogen-bond donors (Lipinski definition) is 2. The van der Waals surface area contributed by atoms with E-state index in [0.29, 0.717) is 18.7 Å². The monoisotopic (exact) mass is 308 g/mol. The minimum absolute atomic E-state index is 0.0571. The van der Waals surface area contributed by atoms with Crippen LogP contribution in [-0.2, 0) is 4.74 Å². The fourth-order valence-corrected chi connectivity index (χ4v) is 2.65. The molecular formula is C16H24N2O4. The van der Waals surface area contributed by atoms with Crippen LogP contribution in [0, 0.1) is 0 Å². The van der Waals surface area contributed by atoms with Gasteiger partial charge >= 0.3 is 6.09 Å². The molecule has 1 aliphatic heterocycles. The van der Waals surface area contributed by atoms with Gasteiger partial charge in [0, 0.05) is 12.6 Å². The third-order valence-corrected chi connectivity index (χ3v) is 3.62. The molecule has 0 aromatic heterocycles. The Hall–Kier alpha value is -1.95. The number of nitrogens with two attached hydrogens (primary N) is 1. The lowest BCUT2D eigenvalue weighted by Crippen LogP contribution is -2.39. The van der Waals surface area contributed by atoms with E-state index >= 15 is 0 Å². The van der Waals surface area contributed by atoms with E-state index in [1.54, 1.807) is 23.1 Å². The maximum absolute atomic E-state index is 12.4. The van der Waals surface area contributed by atoms with Crippen LogP contribution in [0.25, 0.3) is 0 Å². The number of carbonyl (C=O) groups excluding carboxylic acids is 1. The second-order valence-corrected chi connectivity index (χ2v) is 6.50. The minimum atomic E-state index is -0.555. The third-order valence-electron chi connectivity index (χ3n) is 3.62. The number of aromatic hydroxyl groups is 1. The van der Waals surface area contributed by atoms with Gasteiger partial charge in [-0.05, 0) is 44.9 Å². The largest absolute Gasteiger partial charge is 0.504 e. The average molecular weight is 308 g/mol. The number of phenols is 1. The number of nitrogens with zero attached hydrogens (tertiary/aromatic N) is 1. The standard InChI is InChI=1S/C16H24N2O4/c1-16(2,3)22-15(20)18-8-7-11(17)14(18)10-5-6-12(19)13(9-10)21-4/h5-6,9,11,14,19H,7-8,17H2,1-4H3. The molecule has 6 heteroatoms. The van der Waals surface area contributed by atoms with Gasteiger partial charge in [-0.2, -0.15) is 0 Å². The third kappa shape index (κ3) is 3.44. The van der Waals surface area contributed by atoms with Gasteiger partial charge in [0.05, 0.1) is 13.2 Å². The first-order chi connectivity index (χ1) is 10.2. The van der Waals surface area contributed by atoms with Gasteiger partial charge in [0.25, 0.3) is 0 Å². The van der Waals surface area contributed by atoms with Crippen molar-refractivity contribution in [1.29, 1.82) is 0 Å². The van der Waals surface area contributed by atoms with E-state index in [9.17, 15) is 9.90 Å². The summed E-state index contributed by atoms with van der Waals surface area (Å²) in [4.78, 5) is 14.0. The Morgan fingerprint density at radius 2 is 2.09 bits per heavy atom. The molecule has 1 aliphatic rings. The molecule has 0 radical (unpaired) electrons. The molecule has 1 amide bonds. The number of amides is 1.